The topological polar surface area (TPSA) is 93.1 Å². The molecule has 0 aliphatic heterocycles. The van der Waals surface area contributed by atoms with Crippen molar-refractivity contribution in [2.45, 2.75) is 6.42 Å². The molecule has 0 rings (SSSR count). The van der Waals surface area contributed by atoms with Crippen LogP contribution in [0.5, 0.6) is 0 Å². The first-order valence-corrected chi connectivity index (χ1v) is 9.14. The summed E-state index contributed by atoms with van der Waals surface area (Å²) in [6.45, 7) is 0.550. The highest BCUT2D eigenvalue weighted by molar-refractivity contribution is 8.00. The molecule has 0 spiro atoms. The molecular weight excluding hydrogens is 308 g/mol. The smallest absolute Gasteiger partial charge is 0.284 e. The summed E-state index contributed by atoms with van der Waals surface area (Å²) >= 11 is -0.997. The van der Waals surface area contributed by atoms with Crippen molar-refractivity contribution >= 4 is 46.2 Å². The summed E-state index contributed by atoms with van der Waals surface area (Å²) in [6.07, 6.45) is 1.01. The van der Waals surface area contributed by atoms with Gasteiger partial charge in [-0.1, -0.05) is 0 Å². The lowest BCUT2D eigenvalue weighted by Crippen LogP contribution is -2.01. The monoisotopic (exact) mass is 324 g/mol. The molecule has 0 amide bonds. The van der Waals surface area contributed by atoms with Gasteiger partial charge in [0.1, 0.15) is 0 Å². The van der Waals surface area contributed by atoms with Gasteiger partial charge in [0.15, 0.2) is 0 Å². The zero-order chi connectivity index (χ0) is 12.9. The Kier molecular flexibility index (Phi) is 13.9. The fraction of sp³-hybridized carbons (Fsp3) is 1.00. The van der Waals surface area contributed by atoms with Crippen molar-refractivity contribution in [1.29, 1.82) is 0 Å². The third-order valence-electron chi connectivity index (χ3n) is 1.40. The van der Waals surface area contributed by atoms with E-state index in [1.165, 1.54) is 0 Å². The zero-order valence-electron chi connectivity index (χ0n) is 9.11. The molecule has 0 aromatic heterocycles. The first-order chi connectivity index (χ1) is 8.13. The van der Waals surface area contributed by atoms with E-state index in [4.69, 9.17) is 9.11 Å². The van der Waals surface area contributed by atoms with Gasteiger partial charge in [-0.3, -0.25) is 17.5 Å². The van der Waals surface area contributed by atoms with Crippen LogP contribution >= 0.6 is 23.5 Å². The van der Waals surface area contributed by atoms with Gasteiger partial charge in [0, 0.05) is 11.5 Å². The summed E-state index contributed by atoms with van der Waals surface area (Å²) < 4.78 is 45.7. The van der Waals surface area contributed by atoms with Crippen LogP contribution in [0.2, 0.25) is 0 Å². The van der Waals surface area contributed by atoms with Crippen LogP contribution in [0.1, 0.15) is 6.42 Å². The van der Waals surface area contributed by atoms with Crippen LogP contribution in [-0.4, -0.2) is 53.7 Å². The molecule has 0 aliphatic carbocycles. The van der Waals surface area contributed by atoms with E-state index in [9.17, 15) is 8.42 Å². The van der Waals surface area contributed by atoms with Crippen molar-refractivity contribution in [3.8, 4) is 0 Å². The van der Waals surface area contributed by atoms with Crippen LogP contribution in [0.3, 0.4) is 0 Å². The Bertz CT molecular complexity index is 204. The normalized spacial score (nSPS) is 14.7. The summed E-state index contributed by atoms with van der Waals surface area (Å²) in [6, 6.07) is 0. The maximum Gasteiger partial charge on any atom is 0.301 e. The molecule has 6 nitrogen and oxygen atoms in total. The fourth-order valence-electron chi connectivity index (χ4n) is 0.796. The number of rotatable bonds is 12. The van der Waals surface area contributed by atoms with Crippen molar-refractivity contribution in [3.05, 3.63) is 0 Å². The highest BCUT2D eigenvalue weighted by Crippen LogP contribution is 2.08. The first kappa shape index (κ1) is 17.8. The van der Waals surface area contributed by atoms with Gasteiger partial charge in [0.2, 0.25) is 0 Å². The Balaban J connectivity index is 2.98. The zero-order valence-corrected chi connectivity index (χ0v) is 12.4. The van der Waals surface area contributed by atoms with Gasteiger partial charge in [-0.15, -0.1) is 0 Å². The Labute approximate surface area is 115 Å². The number of thioether (sulfide) groups is 2. The maximum absolute atomic E-state index is 10.1. The minimum Gasteiger partial charge on any atom is -0.284 e. The molecule has 0 saturated carbocycles. The molecule has 0 aromatic carbocycles. The van der Waals surface area contributed by atoms with Crippen molar-refractivity contribution in [1.82, 2.24) is 0 Å². The van der Waals surface area contributed by atoms with E-state index in [1.54, 1.807) is 23.5 Å². The Morgan fingerprint density at radius 2 is 1.24 bits per heavy atom. The predicted octanol–water partition coefficient (Wildman–Crippen LogP) is 1.15. The lowest BCUT2D eigenvalue weighted by Gasteiger charge is -2.01. The minimum atomic E-state index is -2.16. The predicted molar refractivity (Wildman–Crippen MR) is 72.7 cm³/mol. The second-order valence-electron chi connectivity index (χ2n) is 2.66. The molecule has 104 valence electrons. The van der Waals surface area contributed by atoms with Crippen molar-refractivity contribution in [3.63, 3.8) is 0 Å². The molecule has 2 atom stereocenters. The highest BCUT2D eigenvalue weighted by atomic mass is 32.2. The molecule has 0 aromatic rings. The van der Waals surface area contributed by atoms with Gasteiger partial charge in [-0.05, 0) is 17.9 Å². The fourth-order valence-corrected chi connectivity index (χ4v) is 3.15. The lowest BCUT2D eigenvalue weighted by atomic mass is 10.6. The molecule has 2 unspecified atom stereocenters. The molecule has 0 fully saturated rings. The molecule has 0 radical (unpaired) electrons. The maximum atomic E-state index is 10.1. The average molecular weight is 324 g/mol. The Morgan fingerprint density at radius 3 is 1.59 bits per heavy atom. The van der Waals surface area contributed by atoms with E-state index in [0.717, 1.165) is 17.9 Å². The Morgan fingerprint density at radius 1 is 0.824 bits per heavy atom. The van der Waals surface area contributed by atoms with E-state index in [1.807, 2.05) is 0 Å². The molecule has 17 heavy (non-hydrogen) atoms. The van der Waals surface area contributed by atoms with Gasteiger partial charge in [0.05, 0.1) is 13.2 Å². The second kappa shape index (κ2) is 13.3. The van der Waals surface area contributed by atoms with E-state index in [2.05, 4.69) is 8.37 Å². The third-order valence-corrected chi connectivity index (χ3v) is 4.20. The molecule has 0 heterocycles. The summed E-state index contributed by atoms with van der Waals surface area (Å²) in [7, 11) is 0. The molecule has 10 heteroatoms. The average Bonchev–Trinajstić information content (AvgIpc) is 2.25. The summed E-state index contributed by atoms with van der Waals surface area (Å²) in [4.78, 5) is 0. The van der Waals surface area contributed by atoms with E-state index >= 15 is 0 Å². The van der Waals surface area contributed by atoms with Crippen LogP contribution in [0.4, 0.5) is 0 Å². The number of hydrogen-bond donors (Lipinski definition) is 2. The standard InChI is InChI=1S/C7H16O6S4/c8-16(9)12-2-6-14-4-1-5-15-7-3-13-17(10)11/h1-7H2,(H,8,9)(H,10,11). The summed E-state index contributed by atoms with van der Waals surface area (Å²) in [5, 5.41) is 0. The molecule has 0 aliphatic rings. The van der Waals surface area contributed by atoms with E-state index in [0.29, 0.717) is 11.5 Å². The van der Waals surface area contributed by atoms with E-state index < -0.39 is 22.7 Å². The quantitative estimate of drug-likeness (QED) is 0.408. The second-order valence-corrected chi connectivity index (χ2v) is 6.45. The molecule has 0 saturated heterocycles. The lowest BCUT2D eigenvalue weighted by molar-refractivity contribution is 0.327. The van der Waals surface area contributed by atoms with Gasteiger partial charge in [-0.2, -0.15) is 31.9 Å². The largest absolute Gasteiger partial charge is 0.301 e. The van der Waals surface area contributed by atoms with Crippen LogP contribution < -0.4 is 0 Å². The SMILES string of the molecule is O=S(O)OCCSCCCSCCOS(=O)O. The van der Waals surface area contributed by atoms with Gasteiger partial charge >= 0.3 is 22.7 Å². The van der Waals surface area contributed by atoms with Crippen LogP contribution in [-0.2, 0) is 31.1 Å². The van der Waals surface area contributed by atoms with Gasteiger partial charge in [0.25, 0.3) is 0 Å². The summed E-state index contributed by atoms with van der Waals surface area (Å²) in [5.41, 5.74) is 0. The van der Waals surface area contributed by atoms with Crippen molar-refractivity contribution in [2.75, 3.05) is 36.2 Å². The first-order valence-electron chi connectivity index (χ1n) is 4.76. The molecule has 2 N–H and O–H groups in total. The van der Waals surface area contributed by atoms with Crippen molar-refractivity contribution < 1.29 is 25.9 Å². The van der Waals surface area contributed by atoms with Gasteiger partial charge < -0.3 is 0 Å². The number of hydrogen-bond acceptors (Lipinski definition) is 6. The van der Waals surface area contributed by atoms with Gasteiger partial charge in [-0.25, -0.2) is 0 Å². The third kappa shape index (κ3) is 16.8. The Hall–Kier alpha value is 0.840. The van der Waals surface area contributed by atoms with Crippen LogP contribution in [0.15, 0.2) is 0 Å². The summed E-state index contributed by atoms with van der Waals surface area (Å²) in [5.74, 6) is 3.32. The van der Waals surface area contributed by atoms with Crippen LogP contribution in [0.25, 0.3) is 0 Å². The molecule has 0 bridgehead atoms. The highest BCUT2D eigenvalue weighted by Gasteiger charge is 1.96. The van der Waals surface area contributed by atoms with E-state index in [-0.39, 0.29) is 13.2 Å². The van der Waals surface area contributed by atoms with Crippen LogP contribution in [0, 0.1) is 0 Å². The van der Waals surface area contributed by atoms with Crippen molar-refractivity contribution in [2.24, 2.45) is 0 Å². The minimum absolute atomic E-state index is 0.275. The molecular formula is C7H16O6S4.